The third kappa shape index (κ3) is 573. The maximum Gasteiger partial charge on any atom is 1.00 e. The van der Waals surface area contributed by atoms with Gasteiger partial charge in [-0.2, -0.15) is 0 Å². The van der Waals surface area contributed by atoms with Crippen molar-refractivity contribution in [2.24, 2.45) is 0 Å². The number of hydrogen-bond donors (Lipinski definition) is 0. The van der Waals surface area contributed by atoms with Crippen LogP contribution in [0.25, 0.3) is 0 Å². The van der Waals surface area contributed by atoms with Crippen molar-refractivity contribution in [1.29, 1.82) is 0 Å². The van der Waals surface area contributed by atoms with Gasteiger partial charge in [0.05, 0.1) is 0 Å². The minimum atomic E-state index is -2.92. The van der Waals surface area contributed by atoms with Gasteiger partial charge in [0.2, 0.25) is 0 Å². The molecule has 0 heterocycles. The maximum absolute atomic E-state index is 8.42. The van der Waals surface area contributed by atoms with Crippen LogP contribution < -0.4 is 15.1 Å². The van der Waals surface area contributed by atoms with Crippen molar-refractivity contribution in [3.8, 4) is 0 Å². The van der Waals surface area contributed by atoms with Crippen molar-refractivity contribution in [3.63, 3.8) is 0 Å². The topological polar surface area (TPSA) is 69.2 Å². The highest BCUT2D eigenvalue weighted by Gasteiger charge is 1.17. The standard InChI is InChI=1S/BO3/c2-1(3)4/q-3/p+3. The fourth-order valence-corrected chi connectivity index (χ4v) is 0. The number of rotatable bonds is 0. The van der Waals surface area contributed by atoms with Crippen LogP contribution in [0.5, 0.6) is 0 Å². The molecule has 0 aliphatic heterocycles. The summed E-state index contributed by atoms with van der Waals surface area (Å²) in [6.45, 7) is 0. The Bertz CT molecular complexity index is 14.9. The van der Waals surface area contributed by atoms with E-state index in [9.17, 15) is 0 Å². The normalized spacial score (nSPS) is 6.75. The molecule has 0 fully saturated rings. The molecule has 0 saturated carbocycles. The Morgan fingerprint density at radius 2 is 1.25 bits per heavy atom. The molecule has 0 N–H and O–H groups in total. The second-order valence-corrected chi connectivity index (χ2v) is 0.289. The van der Waals surface area contributed by atoms with Gasteiger partial charge in [0.15, 0.2) is 0 Å². The monoisotopic (exact) mass is 62.0 g/mol. The van der Waals surface area contributed by atoms with Gasteiger partial charge < -0.3 is 15.1 Å². The smallest absolute Gasteiger partial charge is 0.907 e. The van der Waals surface area contributed by atoms with Crippen molar-refractivity contribution in [2.45, 2.75) is 0 Å². The molecule has 0 saturated heterocycles. The summed E-state index contributed by atoms with van der Waals surface area (Å²) in [7, 11) is -2.92. The van der Waals surface area contributed by atoms with Crippen LogP contribution in [0, 0.1) is 0 Å². The molecule has 0 aromatic rings. The Morgan fingerprint density at radius 3 is 1.25 bits per heavy atom. The molecule has 4 heavy (non-hydrogen) atoms. The summed E-state index contributed by atoms with van der Waals surface area (Å²) in [5, 5.41) is 25.2. The summed E-state index contributed by atoms with van der Waals surface area (Å²) in [5.41, 5.74) is 0. The van der Waals surface area contributed by atoms with Gasteiger partial charge in [0.1, 0.15) is 0 Å². The lowest BCUT2D eigenvalue weighted by Gasteiger charge is -2.35. The van der Waals surface area contributed by atoms with Gasteiger partial charge in [0.25, 0.3) is 0 Å². The van der Waals surface area contributed by atoms with Gasteiger partial charge in [0, 0.05) is 0 Å². The molecule has 3 nitrogen and oxygen atoms in total. The highest BCUT2D eigenvalue weighted by atomic mass is 16.5. The van der Waals surface area contributed by atoms with E-state index >= 15 is 0 Å². The summed E-state index contributed by atoms with van der Waals surface area (Å²) < 4.78 is 0. The Hall–Kier alpha value is -0.0551. The Balaban J connectivity index is -0.0000000150. The van der Waals surface area contributed by atoms with Crippen molar-refractivity contribution in [3.05, 3.63) is 0 Å². The molecular formula is H3BO3. The van der Waals surface area contributed by atoms with E-state index < -0.39 is 7.32 Å². The predicted molar refractivity (Wildman–Crippen MR) is 9.09 cm³/mol. The third-order valence-corrected chi connectivity index (χ3v) is 0. The minimum Gasteiger partial charge on any atom is -0.907 e. The highest BCUT2D eigenvalue weighted by molar-refractivity contribution is 6.24. The van der Waals surface area contributed by atoms with Gasteiger partial charge >= 0.3 is 4.28 Å². The molecular weight excluding hydrogens is 58.8 g/mol. The quantitative estimate of drug-likeness (QED) is 0.272. The molecule has 0 aliphatic rings. The minimum absolute atomic E-state index is 0. The Labute approximate surface area is 28.1 Å². The first-order chi connectivity index (χ1) is 1.73. The molecule has 0 spiro atoms. The maximum atomic E-state index is 8.42. The van der Waals surface area contributed by atoms with E-state index in [1.807, 2.05) is 0 Å². The zero-order valence-corrected chi connectivity index (χ0v) is 1.80. The first-order valence-electron chi connectivity index (χ1n) is 0.707. The van der Waals surface area contributed by atoms with E-state index in [1.54, 1.807) is 0 Å². The average molecular weight is 61.8 g/mol. The second kappa shape index (κ2) is 1.28. The summed E-state index contributed by atoms with van der Waals surface area (Å²) in [6, 6.07) is 0. The zero-order chi connectivity index (χ0) is 3.58. The molecule has 0 atom stereocenters. The molecule has 0 aliphatic carbocycles. The Morgan fingerprint density at radius 1 is 1.25 bits per heavy atom. The molecule has 4 heteroatoms. The van der Waals surface area contributed by atoms with Gasteiger partial charge in [-0.1, -0.05) is 0 Å². The van der Waals surface area contributed by atoms with Crippen molar-refractivity contribution in [2.75, 3.05) is 0 Å². The van der Waals surface area contributed by atoms with Gasteiger partial charge in [-0.3, -0.25) is 7.32 Å². The first kappa shape index (κ1) is 3.94. The highest BCUT2D eigenvalue weighted by Crippen LogP contribution is 0.994. The van der Waals surface area contributed by atoms with E-state index in [2.05, 4.69) is 0 Å². The molecule has 0 amide bonds. The zero-order valence-electron chi connectivity index (χ0n) is 4.80. The fourth-order valence-electron chi connectivity index (χ4n) is 0. The summed E-state index contributed by atoms with van der Waals surface area (Å²) in [5.74, 6) is 0. The SMILES string of the molecule is [H+].[H+].[H+].[O-]B([O-])[O-]. The Kier molecular flexibility index (Phi) is 1.27. The fraction of sp³-hybridized carbons (Fsp3) is 0. The molecule has 0 rings (SSSR count). The van der Waals surface area contributed by atoms with E-state index in [-0.39, 0.29) is 4.28 Å². The van der Waals surface area contributed by atoms with E-state index in [0.29, 0.717) is 0 Å². The van der Waals surface area contributed by atoms with E-state index in [0.717, 1.165) is 0 Å². The molecule has 0 aromatic carbocycles. The van der Waals surface area contributed by atoms with Crippen LogP contribution in [0.3, 0.4) is 0 Å². The molecule has 0 bridgehead atoms. The molecule has 24 valence electrons. The third-order valence-electron chi connectivity index (χ3n) is 0. The second-order valence-electron chi connectivity index (χ2n) is 0.289. The van der Waals surface area contributed by atoms with Crippen LogP contribution >= 0.6 is 0 Å². The van der Waals surface area contributed by atoms with Crippen LogP contribution in [-0.2, 0) is 0 Å². The van der Waals surface area contributed by atoms with E-state index in [4.69, 9.17) is 15.1 Å². The van der Waals surface area contributed by atoms with Crippen LogP contribution in [0.4, 0.5) is 0 Å². The van der Waals surface area contributed by atoms with Crippen LogP contribution in [-0.4, -0.2) is 7.32 Å². The molecule has 0 unspecified atom stereocenters. The van der Waals surface area contributed by atoms with Crippen molar-refractivity contribution >= 4 is 7.32 Å². The number of hydrogen-bond acceptors (Lipinski definition) is 3. The summed E-state index contributed by atoms with van der Waals surface area (Å²) in [4.78, 5) is 0. The van der Waals surface area contributed by atoms with Crippen LogP contribution in [0.15, 0.2) is 0 Å². The summed E-state index contributed by atoms with van der Waals surface area (Å²) >= 11 is 0. The van der Waals surface area contributed by atoms with Crippen LogP contribution in [0.1, 0.15) is 4.28 Å². The van der Waals surface area contributed by atoms with Crippen LogP contribution in [0.2, 0.25) is 0 Å². The van der Waals surface area contributed by atoms with Crippen molar-refractivity contribution < 1.29 is 19.4 Å². The molecule has 0 aromatic heterocycles. The van der Waals surface area contributed by atoms with E-state index in [1.165, 1.54) is 0 Å². The van der Waals surface area contributed by atoms with Gasteiger partial charge in [-0.05, 0) is 0 Å². The van der Waals surface area contributed by atoms with Gasteiger partial charge in [-0.25, -0.2) is 0 Å². The first-order valence-corrected chi connectivity index (χ1v) is 0.707. The predicted octanol–water partition coefficient (Wildman–Crippen LogP) is -3.61. The lowest BCUT2D eigenvalue weighted by Crippen LogP contribution is -2.56. The summed E-state index contributed by atoms with van der Waals surface area (Å²) in [6.07, 6.45) is 0. The van der Waals surface area contributed by atoms with Crippen molar-refractivity contribution in [1.82, 2.24) is 0 Å². The average Bonchev–Trinajstić information content (AvgIpc) is 0.811. The largest absolute Gasteiger partial charge is 1.00 e. The van der Waals surface area contributed by atoms with Gasteiger partial charge in [-0.15, -0.1) is 0 Å². The lowest BCUT2D eigenvalue weighted by atomic mass is 10.3. The lowest BCUT2D eigenvalue weighted by molar-refractivity contribution is -0.479. The molecule has 0 radical (unpaired) electrons.